The van der Waals surface area contributed by atoms with Crippen molar-refractivity contribution in [3.63, 3.8) is 0 Å². The minimum Gasteiger partial charge on any atom is -0.347 e. The molecule has 3 nitrogen and oxygen atoms in total. The number of nitrogens with zero attached hydrogens (tertiary/aromatic N) is 1. The Balaban J connectivity index is 1.64. The number of halogens is 1. The number of hydrogen-bond donors (Lipinski definition) is 1. The van der Waals surface area contributed by atoms with Crippen LogP contribution < -0.4 is 5.32 Å². The Kier molecular flexibility index (Phi) is 3.73. The highest BCUT2D eigenvalue weighted by Gasteiger charge is 2.30. The summed E-state index contributed by atoms with van der Waals surface area (Å²) in [4.78, 5) is 15.4. The second-order valence-electron chi connectivity index (χ2n) is 5.25. The topological polar surface area (TPSA) is 32.3 Å². The number of rotatable bonds is 2. The van der Waals surface area contributed by atoms with Crippen LogP contribution in [0.1, 0.15) is 28.9 Å². The van der Waals surface area contributed by atoms with Gasteiger partial charge in [-0.3, -0.25) is 4.79 Å². The summed E-state index contributed by atoms with van der Waals surface area (Å²) in [5, 5.41) is 3.20. The van der Waals surface area contributed by atoms with E-state index in [1.165, 1.54) is 37.3 Å². The molecule has 3 saturated heterocycles. The van der Waals surface area contributed by atoms with Crippen molar-refractivity contribution in [2.45, 2.75) is 25.3 Å². The molecule has 0 aliphatic carbocycles. The molecule has 4 heterocycles. The highest BCUT2D eigenvalue weighted by atomic mass is 79.9. The molecule has 3 fully saturated rings. The summed E-state index contributed by atoms with van der Waals surface area (Å²) in [7, 11) is 0. The lowest BCUT2D eigenvalue weighted by molar-refractivity contribution is 0.0933. The summed E-state index contributed by atoms with van der Waals surface area (Å²) in [5.74, 6) is 0.891. The monoisotopic (exact) mass is 328 g/mol. The van der Waals surface area contributed by atoms with Crippen LogP contribution in [0.2, 0.25) is 0 Å². The van der Waals surface area contributed by atoms with Gasteiger partial charge in [0.25, 0.3) is 5.91 Å². The Morgan fingerprint density at radius 1 is 1.39 bits per heavy atom. The summed E-state index contributed by atoms with van der Waals surface area (Å²) in [6.45, 7) is 3.44. The maximum atomic E-state index is 12.1. The third-order valence-electron chi connectivity index (χ3n) is 3.94. The van der Waals surface area contributed by atoms with Crippen LogP contribution in [0.3, 0.4) is 0 Å². The zero-order chi connectivity index (χ0) is 12.5. The van der Waals surface area contributed by atoms with Gasteiger partial charge in [0.1, 0.15) is 0 Å². The van der Waals surface area contributed by atoms with Crippen molar-refractivity contribution in [1.82, 2.24) is 10.2 Å². The standard InChI is InChI=1S/C13H17BrN2OS/c14-12-2-1-11(18-12)13(17)15-10-7-9-3-5-16(8-10)6-4-9/h1-2,9-10H,3-8H2,(H,15,17). The summed E-state index contributed by atoms with van der Waals surface area (Å²) in [6.07, 6.45) is 3.75. The SMILES string of the molecule is O=C(NC1CC2CCN(CC2)C1)c1ccc(Br)s1. The van der Waals surface area contributed by atoms with Crippen LogP contribution >= 0.6 is 27.3 Å². The van der Waals surface area contributed by atoms with Gasteiger partial charge in [-0.2, -0.15) is 0 Å². The van der Waals surface area contributed by atoms with Crippen LogP contribution in [-0.4, -0.2) is 36.5 Å². The molecule has 1 aromatic heterocycles. The molecule has 1 amide bonds. The van der Waals surface area contributed by atoms with E-state index in [1.54, 1.807) is 0 Å². The molecule has 98 valence electrons. The third kappa shape index (κ3) is 2.78. The summed E-state index contributed by atoms with van der Waals surface area (Å²) in [5.41, 5.74) is 0. The van der Waals surface area contributed by atoms with Crippen molar-refractivity contribution in [1.29, 1.82) is 0 Å². The molecule has 1 N–H and O–H groups in total. The van der Waals surface area contributed by atoms with Gasteiger partial charge in [0.2, 0.25) is 0 Å². The number of hydrogen-bond acceptors (Lipinski definition) is 3. The fraction of sp³-hybridized carbons (Fsp3) is 0.615. The first-order valence-corrected chi connectivity index (χ1v) is 8.10. The summed E-state index contributed by atoms with van der Waals surface area (Å²) in [6, 6.07) is 4.14. The van der Waals surface area contributed by atoms with E-state index in [0.29, 0.717) is 6.04 Å². The highest BCUT2D eigenvalue weighted by Crippen LogP contribution is 2.27. The molecule has 3 aliphatic heterocycles. The summed E-state index contributed by atoms with van der Waals surface area (Å²) >= 11 is 4.90. The van der Waals surface area contributed by atoms with Gasteiger partial charge in [0, 0.05) is 12.6 Å². The molecule has 5 heteroatoms. The second-order valence-corrected chi connectivity index (χ2v) is 7.72. The maximum Gasteiger partial charge on any atom is 0.261 e. The van der Waals surface area contributed by atoms with Crippen molar-refractivity contribution in [3.8, 4) is 0 Å². The first-order valence-electron chi connectivity index (χ1n) is 6.49. The van der Waals surface area contributed by atoms with E-state index in [-0.39, 0.29) is 5.91 Å². The maximum absolute atomic E-state index is 12.1. The Bertz CT molecular complexity index is 426. The molecule has 3 aliphatic rings. The van der Waals surface area contributed by atoms with Gasteiger partial charge in [-0.1, -0.05) is 0 Å². The van der Waals surface area contributed by atoms with E-state index in [4.69, 9.17) is 0 Å². The van der Waals surface area contributed by atoms with Crippen LogP contribution in [0.15, 0.2) is 15.9 Å². The fourth-order valence-corrected chi connectivity index (χ4v) is 4.28. The Hall–Kier alpha value is -0.390. The van der Waals surface area contributed by atoms with Crippen LogP contribution in [0, 0.1) is 5.92 Å². The predicted octanol–water partition coefficient (Wildman–Crippen LogP) is 2.72. The van der Waals surface area contributed by atoms with E-state index in [2.05, 4.69) is 26.1 Å². The van der Waals surface area contributed by atoms with Crippen molar-refractivity contribution < 1.29 is 4.79 Å². The Morgan fingerprint density at radius 2 is 2.17 bits per heavy atom. The van der Waals surface area contributed by atoms with Crippen molar-refractivity contribution in [2.75, 3.05) is 19.6 Å². The van der Waals surface area contributed by atoms with E-state index in [1.807, 2.05) is 12.1 Å². The third-order valence-corrected chi connectivity index (χ3v) is 5.56. The van der Waals surface area contributed by atoms with Gasteiger partial charge in [-0.05, 0) is 66.3 Å². The van der Waals surface area contributed by atoms with Gasteiger partial charge >= 0.3 is 0 Å². The first-order chi connectivity index (χ1) is 8.70. The second kappa shape index (κ2) is 5.31. The van der Waals surface area contributed by atoms with Gasteiger partial charge < -0.3 is 10.2 Å². The molecule has 0 aromatic carbocycles. The molecule has 18 heavy (non-hydrogen) atoms. The molecule has 1 aromatic rings. The number of piperidine rings is 1. The van der Waals surface area contributed by atoms with Gasteiger partial charge in [0.15, 0.2) is 0 Å². The van der Waals surface area contributed by atoms with E-state index in [0.717, 1.165) is 27.5 Å². The highest BCUT2D eigenvalue weighted by molar-refractivity contribution is 9.11. The van der Waals surface area contributed by atoms with Crippen molar-refractivity contribution in [3.05, 3.63) is 20.8 Å². The molecule has 0 spiro atoms. The normalized spacial score (nSPS) is 31.1. The molecule has 2 bridgehead atoms. The number of thiophene rings is 1. The lowest BCUT2D eigenvalue weighted by Crippen LogP contribution is -2.41. The van der Waals surface area contributed by atoms with Gasteiger partial charge in [-0.15, -0.1) is 11.3 Å². The molecular weight excluding hydrogens is 312 g/mol. The van der Waals surface area contributed by atoms with Crippen LogP contribution in [0.5, 0.6) is 0 Å². The van der Waals surface area contributed by atoms with Gasteiger partial charge in [0.05, 0.1) is 8.66 Å². The van der Waals surface area contributed by atoms with E-state index >= 15 is 0 Å². The number of nitrogens with one attached hydrogen (secondary N) is 1. The van der Waals surface area contributed by atoms with Crippen LogP contribution in [0.25, 0.3) is 0 Å². The average Bonchev–Trinajstić information content (AvgIpc) is 2.59. The van der Waals surface area contributed by atoms with Gasteiger partial charge in [-0.25, -0.2) is 0 Å². The van der Waals surface area contributed by atoms with Crippen molar-refractivity contribution >= 4 is 33.2 Å². The Morgan fingerprint density at radius 3 is 2.83 bits per heavy atom. The first kappa shape index (κ1) is 12.6. The largest absolute Gasteiger partial charge is 0.347 e. The van der Waals surface area contributed by atoms with Crippen molar-refractivity contribution in [2.24, 2.45) is 5.92 Å². The van der Waals surface area contributed by atoms with E-state index < -0.39 is 0 Å². The summed E-state index contributed by atoms with van der Waals surface area (Å²) < 4.78 is 1.01. The molecule has 1 unspecified atom stereocenters. The molecule has 4 rings (SSSR count). The van der Waals surface area contributed by atoms with Crippen LogP contribution in [0.4, 0.5) is 0 Å². The molecular formula is C13H17BrN2OS. The molecule has 0 radical (unpaired) electrons. The van der Waals surface area contributed by atoms with E-state index in [9.17, 15) is 4.79 Å². The lowest BCUT2D eigenvalue weighted by Gasteiger charge is -2.26. The average molecular weight is 329 g/mol. The number of carbonyl (C=O) groups is 1. The zero-order valence-corrected chi connectivity index (χ0v) is 12.6. The predicted molar refractivity (Wildman–Crippen MR) is 77.1 cm³/mol. The Labute approximate surface area is 120 Å². The fourth-order valence-electron chi connectivity index (χ4n) is 2.99. The quantitative estimate of drug-likeness (QED) is 0.905. The number of carbonyl (C=O) groups excluding carboxylic acids is 1. The number of fused-ring (bicyclic) bond motifs is 4. The minimum atomic E-state index is 0.0817. The smallest absolute Gasteiger partial charge is 0.261 e. The number of amides is 1. The van der Waals surface area contributed by atoms with Crippen LogP contribution in [-0.2, 0) is 0 Å². The zero-order valence-electron chi connectivity index (χ0n) is 10.2. The minimum absolute atomic E-state index is 0.0817. The lowest BCUT2D eigenvalue weighted by atomic mass is 9.94. The molecule has 1 atom stereocenters. The molecule has 0 saturated carbocycles.